The molecule has 0 radical (unpaired) electrons. The molecule has 6 heteroatoms. The van der Waals surface area contributed by atoms with Crippen LogP contribution in [0, 0.1) is 5.92 Å². The predicted molar refractivity (Wildman–Crippen MR) is 81.6 cm³/mol. The van der Waals surface area contributed by atoms with E-state index in [2.05, 4.69) is 15.9 Å². The van der Waals surface area contributed by atoms with Crippen molar-refractivity contribution in [3.05, 3.63) is 0 Å². The van der Waals surface area contributed by atoms with Crippen molar-refractivity contribution in [2.75, 3.05) is 25.0 Å². The van der Waals surface area contributed by atoms with Gasteiger partial charge in [0.1, 0.15) is 0 Å². The highest BCUT2D eigenvalue weighted by molar-refractivity contribution is 9.09. The zero-order chi connectivity index (χ0) is 13.9. The zero-order valence-corrected chi connectivity index (χ0v) is 14.1. The standard InChI is InChI=1S/C13H25BrN2O2S/c1-12-5-2-3-10-16(12)19(17,18)15-9-4-6-13(11-15)7-8-14/h12-13H,2-11H2,1H3. The number of rotatable bonds is 4. The molecule has 2 unspecified atom stereocenters. The SMILES string of the molecule is CC1CCCCN1S(=O)(=O)N1CCCC(CCBr)C1. The second kappa shape index (κ2) is 6.87. The number of nitrogens with zero attached hydrogens (tertiary/aromatic N) is 2. The molecule has 0 amide bonds. The predicted octanol–water partition coefficient (Wildman–Crippen LogP) is 2.60. The third-order valence-electron chi connectivity index (χ3n) is 4.36. The van der Waals surface area contributed by atoms with Crippen LogP contribution in [0.25, 0.3) is 0 Å². The summed E-state index contributed by atoms with van der Waals surface area (Å²) in [5.41, 5.74) is 0. The minimum absolute atomic E-state index is 0.162. The normalized spacial score (nSPS) is 31.5. The van der Waals surface area contributed by atoms with Crippen LogP contribution >= 0.6 is 15.9 Å². The van der Waals surface area contributed by atoms with Gasteiger partial charge in [-0.05, 0) is 44.9 Å². The molecule has 0 spiro atoms. The van der Waals surface area contributed by atoms with Gasteiger partial charge in [0.15, 0.2) is 0 Å². The molecule has 2 saturated heterocycles. The van der Waals surface area contributed by atoms with E-state index < -0.39 is 10.2 Å². The average molecular weight is 353 g/mol. The first-order chi connectivity index (χ1) is 9.05. The van der Waals surface area contributed by atoms with E-state index >= 15 is 0 Å². The lowest BCUT2D eigenvalue weighted by Gasteiger charge is -2.39. The van der Waals surface area contributed by atoms with Crippen molar-refractivity contribution in [3.63, 3.8) is 0 Å². The number of piperidine rings is 2. The van der Waals surface area contributed by atoms with E-state index in [1.165, 1.54) is 0 Å². The largest absolute Gasteiger partial charge is 0.282 e. The van der Waals surface area contributed by atoms with Crippen molar-refractivity contribution in [1.29, 1.82) is 0 Å². The minimum atomic E-state index is -3.23. The summed E-state index contributed by atoms with van der Waals surface area (Å²) in [5, 5.41) is 0.964. The Balaban J connectivity index is 2.05. The number of hydrogen-bond acceptors (Lipinski definition) is 2. The molecule has 0 aliphatic carbocycles. The highest BCUT2D eigenvalue weighted by Gasteiger charge is 2.36. The molecule has 2 heterocycles. The summed E-state index contributed by atoms with van der Waals surface area (Å²) in [5.74, 6) is 0.517. The summed E-state index contributed by atoms with van der Waals surface area (Å²) in [6.07, 6.45) is 6.38. The van der Waals surface area contributed by atoms with Gasteiger partial charge in [-0.2, -0.15) is 17.0 Å². The highest BCUT2D eigenvalue weighted by Crippen LogP contribution is 2.27. The van der Waals surface area contributed by atoms with Crippen LogP contribution in [0.5, 0.6) is 0 Å². The lowest BCUT2D eigenvalue weighted by Crippen LogP contribution is -2.52. The van der Waals surface area contributed by atoms with Crippen molar-refractivity contribution >= 4 is 26.1 Å². The Morgan fingerprint density at radius 1 is 1.16 bits per heavy atom. The Hall–Kier alpha value is 0.350. The first-order valence-electron chi connectivity index (χ1n) is 7.38. The summed E-state index contributed by atoms with van der Waals surface area (Å²) in [6, 6.07) is 0.162. The van der Waals surface area contributed by atoms with Crippen LogP contribution in [0.4, 0.5) is 0 Å². The van der Waals surface area contributed by atoms with Gasteiger partial charge < -0.3 is 0 Å². The fraction of sp³-hybridized carbons (Fsp3) is 1.00. The molecule has 4 nitrogen and oxygen atoms in total. The van der Waals surface area contributed by atoms with Crippen LogP contribution in [-0.4, -0.2) is 48.0 Å². The second-order valence-corrected chi connectivity index (χ2v) is 8.48. The third kappa shape index (κ3) is 3.71. The molecule has 2 aliphatic heterocycles. The summed E-state index contributed by atoms with van der Waals surface area (Å²) in [6.45, 7) is 4.14. The first-order valence-corrected chi connectivity index (χ1v) is 9.90. The molecule has 2 rings (SSSR count). The van der Waals surface area contributed by atoms with Gasteiger partial charge in [0.2, 0.25) is 0 Å². The maximum atomic E-state index is 12.7. The van der Waals surface area contributed by atoms with E-state index in [-0.39, 0.29) is 6.04 Å². The van der Waals surface area contributed by atoms with E-state index in [0.717, 1.165) is 43.9 Å². The molecule has 2 atom stereocenters. The smallest absolute Gasteiger partial charge is 0.195 e. The van der Waals surface area contributed by atoms with Crippen LogP contribution in [0.1, 0.15) is 45.4 Å². The molecule has 0 aromatic heterocycles. The average Bonchev–Trinajstić information content (AvgIpc) is 2.40. The molecule has 2 fully saturated rings. The Labute approximate surface area is 125 Å². The topological polar surface area (TPSA) is 40.6 Å². The number of halogens is 1. The minimum Gasteiger partial charge on any atom is -0.195 e. The van der Waals surface area contributed by atoms with Crippen molar-refractivity contribution in [2.45, 2.75) is 51.5 Å². The van der Waals surface area contributed by atoms with Gasteiger partial charge in [-0.25, -0.2) is 0 Å². The number of hydrogen-bond donors (Lipinski definition) is 0. The summed E-state index contributed by atoms with van der Waals surface area (Å²) < 4.78 is 28.9. The monoisotopic (exact) mass is 352 g/mol. The summed E-state index contributed by atoms with van der Waals surface area (Å²) in [4.78, 5) is 0. The van der Waals surface area contributed by atoms with Gasteiger partial charge in [-0.15, -0.1) is 0 Å². The fourth-order valence-electron chi connectivity index (χ4n) is 3.19. The van der Waals surface area contributed by atoms with E-state index in [1.54, 1.807) is 8.61 Å². The molecule has 0 bridgehead atoms. The van der Waals surface area contributed by atoms with Gasteiger partial charge >= 0.3 is 0 Å². The third-order valence-corrected chi connectivity index (χ3v) is 6.94. The van der Waals surface area contributed by atoms with Gasteiger partial charge in [-0.1, -0.05) is 22.4 Å². The van der Waals surface area contributed by atoms with Crippen LogP contribution in [0.15, 0.2) is 0 Å². The Kier molecular flexibility index (Phi) is 5.69. The van der Waals surface area contributed by atoms with E-state index in [1.807, 2.05) is 6.92 Å². The lowest BCUT2D eigenvalue weighted by atomic mass is 9.97. The van der Waals surface area contributed by atoms with Crippen LogP contribution in [0.3, 0.4) is 0 Å². The van der Waals surface area contributed by atoms with Gasteiger partial charge in [0.25, 0.3) is 10.2 Å². The van der Waals surface area contributed by atoms with E-state index in [0.29, 0.717) is 25.6 Å². The van der Waals surface area contributed by atoms with Crippen molar-refractivity contribution in [3.8, 4) is 0 Å². The number of alkyl halides is 1. The van der Waals surface area contributed by atoms with Crippen molar-refractivity contribution < 1.29 is 8.42 Å². The quantitative estimate of drug-likeness (QED) is 0.729. The maximum absolute atomic E-state index is 12.7. The highest BCUT2D eigenvalue weighted by atomic mass is 79.9. The Morgan fingerprint density at radius 2 is 1.95 bits per heavy atom. The molecule has 0 aromatic rings. The van der Waals surface area contributed by atoms with Crippen LogP contribution in [-0.2, 0) is 10.2 Å². The second-order valence-electron chi connectivity index (χ2n) is 5.81. The molecule has 0 N–H and O–H groups in total. The van der Waals surface area contributed by atoms with Gasteiger partial charge in [0.05, 0.1) is 0 Å². The van der Waals surface area contributed by atoms with Gasteiger partial charge in [-0.3, -0.25) is 0 Å². The lowest BCUT2D eigenvalue weighted by molar-refractivity contribution is 0.212. The maximum Gasteiger partial charge on any atom is 0.282 e. The Morgan fingerprint density at radius 3 is 2.63 bits per heavy atom. The van der Waals surface area contributed by atoms with Crippen LogP contribution < -0.4 is 0 Å². The molecule has 0 aromatic carbocycles. The molecular formula is C13H25BrN2O2S. The van der Waals surface area contributed by atoms with Crippen molar-refractivity contribution in [1.82, 2.24) is 8.61 Å². The molecule has 0 saturated carbocycles. The summed E-state index contributed by atoms with van der Waals surface area (Å²) in [7, 11) is -3.23. The van der Waals surface area contributed by atoms with Crippen LogP contribution in [0.2, 0.25) is 0 Å². The molecule has 19 heavy (non-hydrogen) atoms. The molecule has 112 valence electrons. The van der Waals surface area contributed by atoms with E-state index in [4.69, 9.17) is 0 Å². The molecule has 2 aliphatic rings. The Bertz CT molecular complexity index is 386. The van der Waals surface area contributed by atoms with Gasteiger partial charge in [0, 0.05) is 31.0 Å². The fourth-order valence-corrected chi connectivity index (χ4v) is 5.81. The van der Waals surface area contributed by atoms with E-state index in [9.17, 15) is 8.42 Å². The van der Waals surface area contributed by atoms with Crippen molar-refractivity contribution in [2.24, 2.45) is 5.92 Å². The summed E-state index contributed by atoms with van der Waals surface area (Å²) >= 11 is 3.46. The first kappa shape index (κ1) is 15.7. The molecular weight excluding hydrogens is 328 g/mol. The zero-order valence-electron chi connectivity index (χ0n) is 11.7.